The van der Waals surface area contributed by atoms with E-state index < -0.39 is 12.1 Å². The number of nitrogens with zero attached hydrogens (tertiary/aromatic N) is 1. The molecule has 0 bridgehead atoms. The Morgan fingerprint density at radius 1 is 1.86 bits per heavy atom. The lowest BCUT2D eigenvalue weighted by atomic mass is 10.2. The highest BCUT2D eigenvalue weighted by Crippen LogP contribution is 2.24. The molecule has 1 aromatic rings. The van der Waals surface area contributed by atoms with E-state index in [4.69, 9.17) is 5.26 Å². The Kier molecular flexibility index (Phi) is 3.63. The lowest BCUT2D eigenvalue weighted by Gasteiger charge is -2.05. The van der Waals surface area contributed by atoms with Gasteiger partial charge in [0.2, 0.25) is 0 Å². The second kappa shape index (κ2) is 4.74. The Morgan fingerprint density at radius 3 is 3.07 bits per heavy atom. The summed E-state index contributed by atoms with van der Waals surface area (Å²) in [6.07, 6.45) is -0.962. The third kappa shape index (κ3) is 2.55. The second-order valence-electron chi connectivity index (χ2n) is 2.65. The molecule has 0 amide bonds. The predicted molar refractivity (Wildman–Crippen MR) is 50.6 cm³/mol. The van der Waals surface area contributed by atoms with Crippen LogP contribution in [0.5, 0.6) is 0 Å². The van der Waals surface area contributed by atoms with E-state index in [1.807, 2.05) is 6.07 Å². The third-order valence-corrected chi connectivity index (χ3v) is 2.70. The number of carbonyl (C=O) groups excluding carboxylic acids is 1. The molecule has 0 saturated heterocycles. The lowest BCUT2D eigenvalue weighted by Crippen LogP contribution is -2.06. The van der Waals surface area contributed by atoms with Gasteiger partial charge >= 0.3 is 5.97 Å². The Labute approximate surface area is 85.4 Å². The van der Waals surface area contributed by atoms with Crippen LogP contribution in [0.25, 0.3) is 0 Å². The smallest absolute Gasteiger partial charge is 0.308 e. The van der Waals surface area contributed by atoms with Crippen LogP contribution in [-0.4, -0.2) is 18.2 Å². The first kappa shape index (κ1) is 10.7. The number of esters is 1. The summed E-state index contributed by atoms with van der Waals surface area (Å²) < 4.78 is 4.42. The van der Waals surface area contributed by atoms with E-state index in [1.165, 1.54) is 18.4 Å². The molecule has 0 unspecified atom stereocenters. The van der Waals surface area contributed by atoms with Crippen LogP contribution in [-0.2, 0) is 9.53 Å². The van der Waals surface area contributed by atoms with Crippen LogP contribution in [0, 0.1) is 11.3 Å². The van der Waals surface area contributed by atoms with Gasteiger partial charge in [-0.25, -0.2) is 0 Å². The fourth-order valence-corrected chi connectivity index (χ4v) is 1.75. The number of rotatable bonds is 3. The normalized spacial score (nSPS) is 11.8. The van der Waals surface area contributed by atoms with Gasteiger partial charge in [-0.15, -0.1) is 11.3 Å². The molecule has 1 rings (SSSR count). The maximum Gasteiger partial charge on any atom is 0.308 e. The second-order valence-corrected chi connectivity index (χ2v) is 3.59. The average Bonchev–Trinajstić information content (AvgIpc) is 2.65. The maximum atomic E-state index is 10.8. The van der Waals surface area contributed by atoms with E-state index in [1.54, 1.807) is 11.4 Å². The highest BCUT2D eigenvalue weighted by molar-refractivity contribution is 7.10. The Balaban J connectivity index is 2.65. The Morgan fingerprint density at radius 2 is 2.57 bits per heavy atom. The Hall–Kier alpha value is -1.38. The zero-order valence-electron chi connectivity index (χ0n) is 7.56. The standard InChI is InChI=1S/C9H9NO3S/c1-13-9(12)3-7(11)8-2-6(4-10)5-14-8/h2,5,7,11H,3H2,1H3/t7-/m1/s1. The predicted octanol–water partition coefficient (Wildman–Crippen LogP) is 1.22. The van der Waals surface area contributed by atoms with Gasteiger partial charge in [-0.2, -0.15) is 5.26 Å². The van der Waals surface area contributed by atoms with E-state index in [-0.39, 0.29) is 6.42 Å². The molecule has 74 valence electrons. The van der Waals surface area contributed by atoms with Crippen molar-refractivity contribution >= 4 is 17.3 Å². The van der Waals surface area contributed by atoms with Crippen molar-refractivity contribution in [2.75, 3.05) is 7.11 Å². The molecule has 1 N–H and O–H groups in total. The van der Waals surface area contributed by atoms with Crippen molar-refractivity contribution in [2.24, 2.45) is 0 Å². The monoisotopic (exact) mass is 211 g/mol. The molecule has 0 fully saturated rings. The molecule has 14 heavy (non-hydrogen) atoms. The van der Waals surface area contributed by atoms with E-state index in [0.717, 1.165) is 0 Å². The fourth-order valence-electron chi connectivity index (χ4n) is 0.928. The van der Waals surface area contributed by atoms with Gasteiger partial charge in [-0.3, -0.25) is 4.79 Å². The number of nitriles is 1. The minimum absolute atomic E-state index is 0.0815. The lowest BCUT2D eigenvalue weighted by molar-refractivity contribution is -0.142. The number of aliphatic hydroxyl groups is 1. The van der Waals surface area contributed by atoms with Gasteiger partial charge < -0.3 is 9.84 Å². The van der Waals surface area contributed by atoms with Gasteiger partial charge in [0.15, 0.2) is 0 Å². The summed E-state index contributed by atoms with van der Waals surface area (Å²) in [5.74, 6) is -0.468. The fraction of sp³-hybridized carbons (Fsp3) is 0.333. The van der Waals surface area contributed by atoms with Crippen molar-refractivity contribution in [1.82, 2.24) is 0 Å². The summed E-state index contributed by atoms with van der Waals surface area (Å²) in [5, 5.41) is 19.7. The van der Waals surface area contributed by atoms with Crippen molar-refractivity contribution in [2.45, 2.75) is 12.5 Å². The topological polar surface area (TPSA) is 70.3 Å². The molecule has 1 aromatic heterocycles. The molecule has 1 atom stereocenters. The minimum Gasteiger partial charge on any atom is -0.469 e. The molecule has 4 nitrogen and oxygen atoms in total. The van der Waals surface area contributed by atoms with E-state index in [9.17, 15) is 9.90 Å². The van der Waals surface area contributed by atoms with E-state index in [2.05, 4.69) is 4.74 Å². The van der Waals surface area contributed by atoms with Gasteiger partial charge in [0, 0.05) is 10.3 Å². The van der Waals surface area contributed by atoms with Crippen LogP contribution in [0.15, 0.2) is 11.4 Å². The first-order valence-corrected chi connectivity index (χ1v) is 4.78. The molecule has 0 aliphatic heterocycles. The van der Waals surface area contributed by atoms with Gasteiger partial charge in [-0.05, 0) is 6.07 Å². The number of carbonyl (C=O) groups is 1. The SMILES string of the molecule is COC(=O)C[C@@H](O)c1cc(C#N)cs1. The van der Waals surface area contributed by atoms with Crippen molar-refractivity contribution in [3.05, 3.63) is 21.9 Å². The molecule has 0 spiro atoms. The van der Waals surface area contributed by atoms with Gasteiger partial charge in [0.25, 0.3) is 0 Å². The largest absolute Gasteiger partial charge is 0.469 e. The first-order valence-electron chi connectivity index (χ1n) is 3.90. The van der Waals surface area contributed by atoms with Crippen LogP contribution in [0.2, 0.25) is 0 Å². The first-order chi connectivity index (χ1) is 6.67. The summed E-state index contributed by atoms with van der Waals surface area (Å²) >= 11 is 1.25. The van der Waals surface area contributed by atoms with Crippen LogP contribution in [0.3, 0.4) is 0 Å². The molecule has 0 aromatic carbocycles. The molecule has 1 heterocycles. The average molecular weight is 211 g/mol. The third-order valence-electron chi connectivity index (χ3n) is 1.66. The number of hydrogen-bond acceptors (Lipinski definition) is 5. The van der Waals surface area contributed by atoms with Crippen molar-refractivity contribution in [3.63, 3.8) is 0 Å². The number of thiophene rings is 1. The quantitative estimate of drug-likeness (QED) is 0.763. The zero-order valence-corrected chi connectivity index (χ0v) is 8.37. The van der Waals surface area contributed by atoms with Crippen molar-refractivity contribution < 1.29 is 14.6 Å². The van der Waals surface area contributed by atoms with Gasteiger partial charge in [0.1, 0.15) is 6.07 Å². The summed E-state index contributed by atoms with van der Waals surface area (Å²) in [4.78, 5) is 11.4. The summed E-state index contributed by atoms with van der Waals surface area (Å²) in [6, 6.07) is 3.52. The molecular weight excluding hydrogens is 202 g/mol. The van der Waals surface area contributed by atoms with Crippen LogP contribution >= 0.6 is 11.3 Å². The van der Waals surface area contributed by atoms with Crippen LogP contribution in [0.4, 0.5) is 0 Å². The number of hydrogen-bond donors (Lipinski definition) is 1. The van der Waals surface area contributed by atoms with Crippen molar-refractivity contribution in [1.29, 1.82) is 5.26 Å². The number of ether oxygens (including phenoxy) is 1. The van der Waals surface area contributed by atoms with E-state index >= 15 is 0 Å². The minimum atomic E-state index is -0.880. The maximum absolute atomic E-state index is 10.8. The van der Waals surface area contributed by atoms with E-state index in [0.29, 0.717) is 10.4 Å². The molecule has 0 radical (unpaired) electrons. The number of aliphatic hydroxyl groups excluding tert-OH is 1. The zero-order chi connectivity index (χ0) is 10.6. The molecule has 0 aliphatic rings. The van der Waals surface area contributed by atoms with Crippen LogP contribution < -0.4 is 0 Å². The van der Waals surface area contributed by atoms with Crippen molar-refractivity contribution in [3.8, 4) is 6.07 Å². The Bertz CT molecular complexity index is 366. The highest BCUT2D eigenvalue weighted by atomic mass is 32.1. The molecule has 5 heteroatoms. The number of methoxy groups -OCH3 is 1. The van der Waals surface area contributed by atoms with Crippen LogP contribution in [0.1, 0.15) is 23.0 Å². The summed E-state index contributed by atoms with van der Waals surface area (Å²) in [5.41, 5.74) is 0.494. The highest BCUT2D eigenvalue weighted by Gasteiger charge is 2.15. The molecular formula is C9H9NO3S. The summed E-state index contributed by atoms with van der Waals surface area (Å²) in [6.45, 7) is 0. The molecule has 0 aliphatic carbocycles. The summed E-state index contributed by atoms with van der Waals surface area (Å²) in [7, 11) is 1.27. The molecule has 0 saturated carbocycles. The van der Waals surface area contributed by atoms with Gasteiger partial charge in [-0.1, -0.05) is 0 Å². The van der Waals surface area contributed by atoms with Gasteiger partial charge in [0.05, 0.1) is 25.2 Å².